The summed E-state index contributed by atoms with van der Waals surface area (Å²) in [5.41, 5.74) is -20.0. The molecule has 0 fully saturated rings. The molecule has 0 aliphatic rings. The van der Waals surface area contributed by atoms with Crippen LogP contribution in [0.1, 0.15) is 52.7 Å². The largest absolute Gasteiger partial charge is 0.741 e. The second-order valence-corrected chi connectivity index (χ2v) is 26.5. The standard InChI is InChI=1S/C25H26F6O6.C18H15S.C12H10I.2CHF3O3S/c1-21(2,3)36-19(32)34-17-11-7-15(8-12-17)23(24(26,27)28,25(29,30)31)16-9-13-18(14-10-16)35-20(33)37-22(4,5)6;1-4-10-16(11-5-1)19(17-12-6-2-7-13-17)18-14-8-3-9-15-18;1-3-7-11(8-4-1)13-12-9-5-2-6-10-12;2*2-1(3,4)8(5,6)7/h7-14H,1-6H3;1-15H;1-10H;2*(H,5,6,7)/q;2*+1;;/p-2. The molecule has 0 heterocycles. The van der Waals surface area contributed by atoms with E-state index in [4.69, 9.17) is 44.9 Å². The van der Waals surface area contributed by atoms with Crippen molar-refractivity contribution in [3.8, 4) is 11.5 Å². The van der Waals surface area contributed by atoms with Crippen molar-refractivity contribution in [1.82, 2.24) is 0 Å². The van der Waals surface area contributed by atoms with Crippen molar-refractivity contribution in [3.05, 3.63) is 218 Å². The van der Waals surface area contributed by atoms with Crippen molar-refractivity contribution in [2.75, 3.05) is 0 Å². The van der Waals surface area contributed by atoms with E-state index in [0.717, 1.165) is 24.3 Å². The number of carbonyl (C=O) groups excluding carboxylic acids is 2. The van der Waals surface area contributed by atoms with Crippen molar-refractivity contribution >= 4 is 43.4 Å². The lowest BCUT2D eigenvalue weighted by Crippen LogP contribution is -3.61. The van der Waals surface area contributed by atoms with E-state index in [2.05, 4.69) is 152 Å². The molecule has 0 unspecified atom stereocenters. The highest BCUT2D eigenvalue weighted by molar-refractivity contribution is 7.97. The molecule has 460 valence electrons. The maximum absolute atomic E-state index is 14.3. The van der Waals surface area contributed by atoms with Gasteiger partial charge in [0.25, 0.3) is 0 Å². The Hall–Kier alpha value is -6.86. The summed E-state index contributed by atoms with van der Waals surface area (Å²) in [6, 6.07) is 59.0. The summed E-state index contributed by atoms with van der Waals surface area (Å²) in [5, 5.41) is 0. The second kappa shape index (κ2) is 30.5. The van der Waals surface area contributed by atoms with Crippen LogP contribution in [-0.4, -0.2) is 72.8 Å². The third kappa shape index (κ3) is 23.8. The minimum Gasteiger partial charge on any atom is -0.741 e. The van der Waals surface area contributed by atoms with Crippen LogP contribution in [-0.2, 0) is 46.0 Å². The number of rotatable bonds is 9. The third-order valence-corrected chi connectivity index (χ3v) is 15.8. The highest BCUT2D eigenvalue weighted by atomic mass is 127. The van der Waals surface area contributed by atoms with Gasteiger partial charge < -0.3 is 28.1 Å². The minimum atomic E-state index is -6.09. The molecule has 0 aliphatic carbocycles. The van der Waals surface area contributed by atoms with Crippen LogP contribution in [0.3, 0.4) is 0 Å². The van der Waals surface area contributed by atoms with Crippen molar-refractivity contribution in [1.29, 1.82) is 0 Å². The maximum atomic E-state index is 14.3. The van der Waals surface area contributed by atoms with Crippen LogP contribution in [0.4, 0.5) is 62.3 Å². The van der Waals surface area contributed by atoms with Gasteiger partial charge in [-0.2, -0.15) is 52.7 Å². The van der Waals surface area contributed by atoms with Crippen LogP contribution in [0, 0.1) is 7.14 Å². The normalized spacial score (nSPS) is 12.2. The molecule has 0 atom stereocenters. The van der Waals surface area contributed by atoms with Crippen molar-refractivity contribution in [3.63, 3.8) is 0 Å². The predicted molar refractivity (Wildman–Crippen MR) is 283 cm³/mol. The first-order valence-electron chi connectivity index (χ1n) is 23.9. The third-order valence-electron chi connectivity index (χ3n) is 9.79. The fraction of sp³-hybridized carbons (Fsp3) is 0.228. The lowest BCUT2D eigenvalue weighted by Gasteiger charge is -2.38. The quantitative estimate of drug-likeness (QED) is 0.0254. The van der Waals surface area contributed by atoms with Gasteiger partial charge in [0.05, 0.1) is 10.9 Å². The van der Waals surface area contributed by atoms with E-state index < -0.39 is 83.7 Å². The fourth-order valence-corrected chi connectivity index (χ4v) is 10.8. The summed E-state index contributed by atoms with van der Waals surface area (Å²) in [6.45, 7) is 9.26. The summed E-state index contributed by atoms with van der Waals surface area (Å²) < 4.78 is 226. The Morgan fingerprint density at radius 2 is 0.612 bits per heavy atom. The van der Waals surface area contributed by atoms with Gasteiger partial charge in [-0.3, -0.25) is 0 Å². The zero-order valence-electron chi connectivity index (χ0n) is 45.1. The van der Waals surface area contributed by atoms with Gasteiger partial charge >= 0.3 is 56.9 Å². The molecule has 28 heteroatoms. The highest BCUT2D eigenvalue weighted by Crippen LogP contribution is 2.56. The molecule has 0 aliphatic heterocycles. The molecule has 7 aromatic carbocycles. The van der Waals surface area contributed by atoms with Gasteiger partial charge in [-0.1, -0.05) is 115 Å². The Balaban J connectivity index is 0.000000323. The van der Waals surface area contributed by atoms with Gasteiger partial charge in [-0.05, 0) is 138 Å². The monoisotopic (exact) mass is 1380 g/mol. The van der Waals surface area contributed by atoms with Gasteiger partial charge in [-0.25, -0.2) is 26.4 Å². The van der Waals surface area contributed by atoms with Gasteiger partial charge in [0, 0.05) is 0 Å². The summed E-state index contributed by atoms with van der Waals surface area (Å²) in [7, 11) is -12.2. The number of hydrogen-bond acceptors (Lipinski definition) is 12. The zero-order valence-corrected chi connectivity index (χ0v) is 49.7. The molecule has 0 aromatic heterocycles. The first-order chi connectivity index (χ1) is 39.1. The van der Waals surface area contributed by atoms with Crippen LogP contribution in [0.15, 0.2) is 215 Å². The van der Waals surface area contributed by atoms with Crippen LogP contribution < -0.4 is 30.7 Å². The number of carbonyl (C=O) groups is 2. The lowest BCUT2D eigenvalue weighted by molar-refractivity contribution is -0.597. The molecule has 85 heavy (non-hydrogen) atoms. The van der Waals surface area contributed by atoms with Gasteiger partial charge in [-0.15, -0.1) is 0 Å². The number of benzene rings is 7. The molecule has 0 N–H and O–H groups in total. The van der Waals surface area contributed by atoms with Crippen LogP contribution >= 0.6 is 0 Å². The minimum absolute atomic E-state index is 0.0146. The molecule has 0 saturated heterocycles. The summed E-state index contributed by atoms with van der Waals surface area (Å²) in [6.07, 6.45) is -14.0. The fourth-order valence-electron chi connectivity index (χ4n) is 6.42. The summed E-state index contributed by atoms with van der Waals surface area (Å²) >= 11 is 0.0287. The second-order valence-electron chi connectivity index (χ2n) is 18.7. The Bertz CT molecular complexity index is 3120. The number of alkyl halides is 12. The maximum Gasteiger partial charge on any atom is 0.514 e. The Labute approximate surface area is 495 Å². The molecule has 12 nitrogen and oxygen atoms in total. The van der Waals surface area contributed by atoms with Gasteiger partial charge in [0.15, 0.2) is 42.1 Å². The molecule has 7 rings (SSSR count). The molecule has 0 spiro atoms. The first kappa shape index (κ1) is 72.4. The number of ether oxygens (including phenoxy) is 4. The van der Waals surface area contributed by atoms with Crippen molar-refractivity contribution < 1.29 is 128 Å². The Morgan fingerprint density at radius 1 is 0.388 bits per heavy atom. The van der Waals surface area contributed by atoms with E-state index in [-0.39, 0.29) is 43.6 Å². The van der Waals surface area contributed by atoms with Crippen LogP contribution in [0.2, 0.25) is 0 Å². The van der Waals surface area contributed by atoms with E-state index in [0.29, 0.717) is 24.3 Å². The van der Waals surface area contributed by atoms with E-state index in [1.54, 1.807) is 41.5 Å². The molecule has 0 radical (unpaired) electrons. The van der Waals surface area contributed by atoms with Gasteiger partial charge in [0.1, 0.15) is 22.7 Å². The average molecular weight is 1380 g/mol. The van der Waals surface area contributed by atoms with Crippen molar-refractivity contribution in [2.24, 2.45) is 0 Å². The molecule has 7 aromatic rings. The van der Waals surface area contributed by atoms with E-state index in [9.17, 15) is 62.3 Å². The van der Waals surface area contributed by atoms with E-state index >= 15 is 0 Å². The molecular weight excluding hydrogens is 1330 g/mol. The average Bonchev–Trinajstić information content (AvgIpc) is 1.05. The Morgan fingerprint density at radius 3 is 0.812 bits per heavy atom. The highest BCUT2D eigenvalue weighted by Gasteiger charge is 2.72. The van der Waals surface area contributed by atoms with Crippen LogP contribution in [0.25, 0.3) is 0 Å². The van der Waals surface area contributed by atoms with Crippen LogP contribution in [0.5, 0.6) is 11.5 Å². The predicted octanol–water partition coefficient (Wildman–Crippen LogP) is 12.4. The molecule has 0 saturated carbocycles. The Kier molecular flexibility index (Phi) is 26.0. The zero-order chi connectivity index (χ0) is 64.3. The number of halogens is 13. The first-order valence-corrected chi connectivity index (χ1v) is 30.1. The topological polar surface area (TPSA) is 185 Å². The molecule has 0 bridgehead atoms. The molecule has 0 amide bonds. The molecular formula is C57H51F12IO12S3. The van der Waals surface area contributed by atoms with Gasteiger partial charge in [0.2, 0.25) is 5.41 Å². The lowest BCUT2D eigenvalue weighted by atomic mass is 9.73. The van der Waals surface area contributed by atoms with E-state index in [1.807, 2.05) is 0 Å². The smallest absolute Gasteiger partial charge is 0.514 e. The SMILES string of the molecule is CC(C)(C)OC(=O)Oc1ccc(C(c2ccc(OC(=O)OC(C)(C)C)cc2)(C(F)(F)F)C(F)(F)F)cc1.O=S(=O)([O-])C(F)(F)F.O=S(=O)([O-])C(F)(F)F.c1ccc([I+]c2ccccc2)cc1.c1ccc([S+](c2ccccc2)c2ccccc2)cc1. The summed E-state index contributed by atoms with van der Waals surface area (Å²) in [5.74, 6) is -0.644. The number of hydrogen-bond donors (Lipinski definition) is 0. The van der Waals surface area contributed by atoms with E-state index in [1.165, 1.54) is 21.8 Å². The van der Waals surface area contributed by atoms with Crippen molar-refractivity contribution in [2.45, 2.75) is 96.2 Å². The summed E-state index contributed by atoms with van der Waals surface area (Å²) in [4.78, 5) is 27.7.